The fourth-order valence-corrected chi connectivity index (χ4v) is 3.31. The van der Waals surface area contributed by atoms with Crippen molar-refractivity contribution in [1.29, 1.82) is 0 Å². The molecule has 2 rings (SSSR count). The Hall–Kier alpha value is -1.76. The van der Waals surface area contributed by atoms with E-state index in [4.69, 9.17) is 23.2 Å². The summed E-state index contributed by atoms with van der Waals surface area (Å²) in [5.74, 6) is -0.467. The van der Waals surface area contributed by atoms with Gasteiger partial charge >= 0.3 is 0 Å². The van der Waals surface area contributed by atoms with Crippen molar-refractivity contribution in [3.8, 4) is 0 Å². The Morgan fingerprint density at radius 2 is 1.74 bits per heavy atom. The highest BCUT2D eigenvalue weighted by Gasteiger charge is 2.18. The number of benzene rings is 2. The number of anilines is 1. The van der Waals surface area contributed by atoms with Crippen LogP contribution in [0.2, 0.25) is 10.0 Å². The number of amides is 1. The summed E-state index contributed by atoms with van der Waals surface area (Å²) in [6, 6.07) is 8.74. The van der Waals surface area contributed by atoms with Crippen LogP contribution in [0.3, 0.4) is 0 Å². The average molecular weight is 373 g/mol. The molecule has 0 spiro atoms. The topological polar surface area (TPSA) is 75.3 Å². The minimum Gasteiger partial charge on any atom is -0.355 e. The molecule has 5 nitrogen and oxygen atoms in total. The van der Waals surface area contributed by atoms with E-state index in [1.54, 1.807) is 12.1 Å². The van der Waals surface area contributed by atoms with Gasteiger partial charge in [-0.1, -0.05) is 29.3 Å². The molecule has 0 radical (unpaired) electrons. The highest BCUT2D eigenvalue weighted by atomic mass is 35.5. The Labute approximate surface area is 144 Å². The molecule has 0 unspecified atom stereocenters. The van der Waals surface area contributed by atoms with Crippen molar-refractivity contribution < 1.29 is 13.2 Å². The maximum atomic E-state index is 12.4. The van der Waals surface area contributed by atoms with Gasteiger partial charge in [0.2, 0.25) is 0 Å². The zero-order valence-electron chi connectivity index (χ0n) is 12.4. The first-order valence-corrected chi connectivity index (χ1v) is 8.79. The molecule has 23 heavy (non-hydrogen) atoms. The molecule has 0 saturated carbocycles. The second kappa shape index (κ2) is 6.78. The van der Waals surface area contributed by atoms with Crippen LogP contribution in [-0.2, 0) is 10.0 Å². The summed E-state index contributed by atoms with van der Waals surface area (Å²) in [5, 5.41) is 3.03. The zero-order valence-corrected chi connectivity index (χ0v) is 14.7. The van der Waals surface area contributed by atoms with Crippen molar-refractivity contribution in [2.45, 2.75) is 11.8 Å². The maximum absolute atomic E-state index is 12.4. The molecule has 0 aromatic heterocycles. The Balaban J connectivity index is 2.39. The molecule has 2 aromatic carbocycles. The van der Waals surface area contributed by atoms with Crippen LogP contribution in [0, 0.1) is 6.92 Å². The third-order valence-corrected chi connectivity index (χ3v) is 5.26. The molecule has 0 atom stereocenters. The highest BCUT2D eigenvalue weighted by Crippen LogP contribution is 2.25. The fraction of sp³-hybridized carbons (Fsp3) is 0.133. The molecular formula is C15H14Cl2N2O3S. The van der Waals surface area contributed by atoms with E-state index in [9.17, 15) is 13.2 Å². The largest absolute Gasteiger partial charge is 0.355 e. The first-order valence-electron chi connectivity index (χ1n) is 6.55. The smallest absolute Gasteiger partial charge is 0.261 e. The first-order chi connectivity index (χ1) is 10.7. The van der Waals surface area contributed by atoms with Gasteiger partial charge in [-0.05, 0) is 42.8 Å². The molecule has 1 amide bonds. The molecule has 0 aliphatic heterocycles. The Kier molecular flexibility index (Phi) is 5.19. The molecular weight excluding hydrogens is 359 g/mol. The normalized spacial score (nSPS) is 11.1. The monoisotopic (exact) mass is 372 g/mol. The van der Waals surface area contributed by atoms with Gasteiger partial charge in [-0.3, -0.25) is 9.52 Å². The lowest BCUT2D eigenvalue weighted by Crippen LogP contribution is -2.19. The molecule has 0 bridgehead atoms. The highest BCUT2D eigenvalue weighted by molar-refractivity contribution is 7.92. The molecule has 0 saturated heterocycles. The standard InChI is InChI=1S/C15H14Cl2N2O3S/c1-9-3-4-10(7-14(9)17)19-23(21,22)11-5-6-13(16)12(8-11)15(20)18-2/h3-8,19H,1-2H3,(H,18,20). The number of rotatable bonds is 4. The lowest BCUT2D eigenvalue weighted by Gasteiger charge is -2.11. The van der Waals surface area contributed by atoms with E-state index in [2.05, 4.69) is 10.0 Å². The van der Waals surface area contributed by atoms with E-state index < -0.39 is 15.9 Å². The van der Waals surface area contributed by atoms with Crippen molar-refractivity contribution in [2.75, 3.05) is 11.8 Å². The predicted octanol–water partition coefficient (Wildman–Crippen LogP) is 3.46. The third kappa shape index (κ3) is 3.96. The van der Waals surface area contributed by atoms with Gasteiger partial charge in [-0.15, -0.1) is 0 Å². The van der Waals surface area contributed by atoms with Crippen molar-refractivity contribution in [3.63, 3.8) is 0 Å². The summed E-state index contributed by atoms with van der Waals surface area (Å²) in [6.45, 7) is 1.81. The SMILES string of the molecule is CNC(=O)c1cc(S(=O)(=O)Nc2ccc(C)c(Cl)c2)ccc1Cl. The summed E-state index contributed by atoms with van der Waals surface area (Å²) in [7, 11) is -2.43. The van der Waals surface area contributed by atoms with Gasteiger partial charge in [0.25, 0.3) is 15.9 Å². The molecule has 122 valence electrons. The molecule has 0 aliphatic carbocycles. The van der Waals surface area contributed by atoms with Gasteiger partial charge in [0.05, 0.1) is 21.2 Å². The minimum absolute atomic E-state index is 0.0720. The second-order valence-corrected chi connectivity index (χ2v) is 7.29. The summed E-state index contributed by atoms with van der Waals surface area (Å²) >= 11 is 11.9. The first kappa shape index (κ1) is 17.6. The summed E-state index contributed by atoms with van der Waals surface area (Å²) in [5.41, 5.74) is 1.25. The number of carbonyl (C=O) groups excluding carboxylic acids is 1. The summed E-state index contributed by atoms with van der Waals surface area (Å²) < 4.78 is 27.3. The van der Waals surface area contributed by atoms with Crippen molar-refractivity contribution in [1.82, 2.24) is 5.32 Å². The van der Waals surface area contributed by atoms with E-state index in [0.29, 0.717) is 10.7 Å². The lowest BCUT2D eigenvalue weighted by molar-refractivity contribution is 0.0963. The van der Waals surface area contributed by atoms with Crippen LogP contribution in [-0.4, -0.2) is 21.4 Å². The van der Waals surface area contributed by atoms with Crippen LogP contribution in [0.25, 0.3) is 0 Å². The van der Waals surface area contributed by atoms with Crippen molar-refractivity contribution in [3.05, 3.63) is 57.6 Å². The van der Waals surface area contributed by atoms with E-state index in [0.717, 1.165) is 5.56 Å². The predicted molar refractivity (Wildman–Crippen MR) is 91.8 cm³/mol. The van der Waals surface area contributed by atoms with Crippen LogP contribution in [0.15, 0.2) is 41.3 Å². The molecule has 8 heteroatoms. The Morgan fingerprint density at radius 1 is 1.04 bits per heavy atom. The number of halogens is 2. The van der Waals surface area contributed by atoms with Crippen LogP contribution < -0.4 is 10.0 Å². The van der Waals surface area contributed by atoms with Crippen molar-refractivity contribution in [2.24, 2.45) is 0 Å². The lowest BCUT2D eigenvalue weighted by atomic mass is 10.2. The average Bonchev–Trinajstić information content (AvgIpc) is 2.50. The van der Waals surface area contributed by atoms with E-state index >= 15 is 0 Å². The molecule has 0 aliphatic rings. The number of carbonyl (C=O) groups is 1. The van der Waals surface area contributed by atoms with Crippen molar-refractivity contribution >= 4 is 44.8 Å². The summed E-state index contributed by atoms with van der Waals surface area (Å²) in [4.78, 5) is 11.7. The number of nitrogens with one attached hydrogen (secondary N) is 2. The Bertz CT molecular complexity index is 867. The van der Waals surface area contributed by atoms with Crippen LogP contribution in [0.1, 0.15) is 15.9 Å². The van der Waals surface area contributed by atoms with Gasteiger partial charge in [0.1, 0.15) is 0 Å². The second-order valence-electron chi connectivity index (χ2n) is 4.79. The number of hydrogen-bond donors (Lipinski definition) is 2. The minimum atomic E-state index is -3.87. The molecule has 2 N–H and O–H groups in total. The van der Waals surface area contributed by atoms with Crippen LogP contribution in [0.4, 0.5) is 5.69 Å². The quantitative estimate of drug-likeness (QED) is 0.862. The third-order valence-electron chi connectivity index (χ3n) is 3.14. The van der Waals surface area contributed by atoms with E-state index in [1.165, 1.54) is 31.3 Å². The molecule has 0 fully saturated rings. The number of sulfonamides is 1. The summed E-state index contributed by atoms with van der Waals surface area (Å²) in [6.07, 6.45) is 0. The number of hydrogen-bond acceptors (Lipinski definition) is 3. The Morgan fingerprint density at radius 3 is 2.35 bits per heavy atom. The molecule has 0 heterocycles. The van der Waals surface area contributed by atoms with Crippen LogP contribution >= 0.6 is 23.2 Å². The van der Waals surface area contributed by atoms with Gasteiger partial charge in [-0.2, -0.15) is 0 Å². The fourth-order valence-electron chi connectivity index (χ4n) is 1.85. The van der Waals surface area contributed by atoms with Gasteiger partial charge in [0.15, 0.2) is 0 Å². The van der Waals surface area contributed by atoms with E-state index in [1.807, 2.05) is 6.92 Å². The van der Waals surface area contributed by atoms with Gasteiger partial charge in [-0.25, -0.2) is 8.42 Å². The molecule has 2 aromatic rings. The zero-order chi connectivity index (χ0) is 17.2. The number of aryl methyl sites for hydroxylation is 1. The maximum Gasteiger partial charge on any atom is 0.261 e. The van der Waals surface area contributed by atoms with Gasteiger partial charge < -0.3 is 5.32 Å². The van der Waals surface area contributed by atoms with E-state index in [-0.39, 0.29) is 15.5 Å². The van der Waals surface area contributed by atoms with Crippen LogP contribution in [0.5, 0.6) is 0 Å². The van der Waals surface area contributed by atoms with Gasteiger partial charge in [0, 0.05) is 12.1 Å².